The van der Waals surface area contributed by atoms with Crippen molar-refractivity contribution in [3.63, 3.8) is 0 Å². The summed E-state index contributed by atoms with van der Waals surface area (Å²) < 4.78 is 27.8. The van der Waals surface area contributed by atoms with Gasteiger partial charge in [-0.3, -0.25) is 0 Å². The summed E-state index contributed by atoms with van der Waals surface area (Å²) >= 11 is 11.0. The van der Waals surface area contributed by atoms with Gasteiger partial charge in [-0.15, -0.1) is 0 Å². The van der Waals surface area contributed by atoms with Crippen LogP contribution in [0.2, 0.25) is 10.3 Å². The Hall–Kier alpha value is -0.610. The van der Waals surface area contributed by atoms with Gasteiger partial charge in [-0.25, -0.2) is 4.98 Å². The lowest BCUT2D eigenvalue weighted by Crippen LogP contribution is -2.04. The number of halogens is 4. The van der Waals surface area contributed by atoms with Crippen LogP contribution in [0, 0.1) is 6.92 Å². The highest BCUT2D eigenvalue weighted by molar-refractivity contribution is 6.33. The van der Waals surface area contributed by atoms with Crippen molar-refractivity contribution in [1.29, 1.82) is 0 Å². The Morgan fingerprint density at radius 2 is 2.08 bits per heavy atom. The van der Waals surface area contributed by atoms with Crippen molar-refractivity contribution in [2.45, 2.75) is 13.5 Å². The van der Waals surface area contributed by atoms with Gasteiger partial charge < -0.3 is 4.74 Å². The topological polar surface area (TPSA) is 22.1 Å². The fourth-order valence-corrected chi connectivity index (χ4v) is 1.39. The summed E-state index contributed by atoms with van der Waals surface area (Å²) in [7, 11) is 0. The first-order valence-corrected chi connectivity index (χ1v) is 4.03. The average molecular weight is 228 g/mol. The zero-order valence-corrected chi connectivity index (χ0v) is 8.03. The van der Waals surface area contributed by atoms with E-state index in [1.54, 1.807) is 6.92 Å². The predicted octanol–water partition coefficient (Wildman–Crippen LogP) is 3.30. The summed E-state index contributed by atoms with van der Waals surface area (Å²) in [4.78, 5) is 3.56. The maximum absolute atomic E-state index is 11.8. The Morgan fingerprint density at radius 3 is 2.54 bits per heavy atom. The Kier molecular flexibility index (Phi) is 3.27. The molecule has 0 aliphatic rings. The molecule has 13 heavy (non-hydrogen) atoms. The van der Waals surface area contributed by atoms with E-state index in [1.165, 1.54) is 6.07 Å². The van der Waals surface area contributed by atoms with Gasteiger partial charge in [-0.1, -0.05) is 23.2 Å². The average Bonchev–Trinajstić information content (AvgIpc) is 1.96. The van der Waals surface area contributed by atoms with E-state index >= 15 is 0 Å². The summed E-state index contributed by atoms with van der Waals surface area (Å²) in [6, 6.07) is 1.39. The fourth-order valence-electron chi connectivity index (χ4n) is 0.814. The minimum Gasteiger partial charge on any atom is -0.431 e. The first-order chi connectivity index (χ1) is 6.00. The fraction of sp³-hybridized carbons (Fsp3) is 0.286. The van der Waals surface area contributed by atoms with Crippen LogP contribution in [-0.2, 0) is 0 Å². The second-order valence-corrected chi connectivity index (χ2v) is 3.01. The second kappa shape index (κ2) is 4.07. The lowest BCUT2D eigenvalue weighted by Gasteiger charge is -2.08. The third-order valence-corrected chi connectivity index (χ3v) is 1.74. The minimum absolute atomic E-state index is 0.138. The highest BCUT2D eigenvalue weighted by atomic mass is 35.5. The molecule has 6 heteroatoms. The molecule has 0 saturated carbocycles. The molecule has 0 spiro atoms. The summed E-state index contributed by atoms with van der Waals surface area (Å²) in [5.74, 6) is -0.138. The summed E-state index contributed by atoms with van der Waals surface area (Å²) in [5.41, 5.74) is 0.422. The van der Waals surface area contributed by atoms with Crippen LogP contribution in [0.1, 0.15) is 5.56 Å². The van der Waals surface area contributed by atoms with Crippen LogP contribution in [0.3, 0.4) is 0 Å². The van der Waals surface area contributed by atoms with Crippen molar-refractivity contribution in [3.8, 4) is 5.75 Å². The molecule has 1 aromatic heterocycles. The number of pyridine rings is 1. The zero-order valence-electron chi connectivity index (χ0n) is 6.52. The quantitative estimate of drug-likeness (QED) is 0.724. The van der Waals surface area contributed by atoms with Crippen LogP contribution in [0.5, 0.6) is 5.75 Å². The molecular weight excluding hydrogens is 223 g/mol. The summed E-state index contributed by atoms with van der Waals surface area (Å²) in [5, 5.41) is -0.0191. The molecule has 0 saturated heterocycles. The van der Waals surface area contributed by atoms with Crippen LogP contribution >= 0.6 is 23.2 Å². The van der Waals surface area contributed by atoms with Crippen molar-refractivity contribution < 1.29 is 13.5 Å². The molecule has 0 radical (unpaired) electrons. The van der Waals surface area contributed by atoms with Crippen molar-refractivity contribution in [1.82, 2.24) is 4.98 Å². The molecule has 0 bridgehead atoms. The van der Waals surface area contributed by atoms with Crippen molar-refractivity contribution >= 4 is 23.2 Å². The number of hydrogen-bond acceptors (Lipinski definition) is 2. The van der Waals surface area contributed by atoms with E-state index in [4.69, 9.17) is 23.2 Å². The van der Waals surface area contributed by atoms with Crippen LogP contribution < -0.4 is 4.74 Å². The van der Waals surface area contributed by atoms with Gasteiger partial charge in [0, 0.05) is 0 Å². The van der Waals surface area contributed by atoms with Gasteiger partial charge in [-0.2, -0.15) is 8.78 Å². The van der Waals surface area contributed by atoms with Gasteiger partial charge in [0.25, 0.3) is 0 Å². The summed E-state index contributed by atoms with van der Waals surface area (Å²) in [6.07, 6.45) is 0. The van der Waals surface area contributed by atoms with E-state index in [0.717, 1.165) is 0 Å². The first-order valence-electron chi connectivity index (χ1n) is 3.28. The molecule has 0 aromatic carbocycles. The standard InChI is InChI=1S/C7H5Cl2F2NO/c1-3-2-4(8)12-6(9)5(3)13-7(10)11/h2,7H,1H3. The largest absolute Gasteiger partial charge is 0.431 e. The van der Waals surface area contributed by atoms with Crippen LogP contribution in [0.15, 0.2) is 6.07 Å². The van der Waals surface area contributed by atoms with Crippen LogP contribution in [-0.4, -0.2) is 11.6 Å². The molecule has 1 aromatic rings. The second-order valence-electron chi connectivity index (χ2n) is 2.26. The zero-order chi connectivity index (χ0) is 10.0. The van der Waals surface area contributed by atoms with E-state index in [1.807, 2.05) is 0 Å². The normalized spacial score (nSPS) is 10.6. The van der Waals surface area contributed by atoms with Gasteiger partial charge in [0.1, 0.15) is 5.15 Å². The van der Waals surface area contributed by atoms with Gasteiger partial charge in [-0.05, 0) is 18.6 Å². The molecule has 0 aliphatic heterocycles. The third-order valence-electron chi connectivity index (χ3n) is 1.29. The molecule has 72 valence electrons. The number of rotatable bonds is 2. The van der Waals surface area contributed by atoms with Crippen molar-refractivity contribution in [2.24, 2.45) is 0 Å². The molecule has 0 fully saturated rings. The van der Waals surface area contributed by atoms with Gasteiger partial charge >= 0.3 is 6.61 Å². The number of ether oxygens (including phenoxy) is 1. The highest BCUT2D eigenvalue weighted by Crippen LogP contribution is 2.29. The molecule has 1 rings (SSSR count). The number of aryl methyl sites for hydroxylation is 1. The third kappa shape index (κ3) is 2.67. The van der Waals surface area contributed by atoms with E-state index in [2.05, 4.69) is 9.72 Å². The Balaban J connectivity index is 3.06. The van der Waals surface area contributed by atoms with Crippen molar-refractivity contribution in [2.75, 3.05) is 0 Å². The first kappa shape index (κ1) is 10.5. The van der Waals surface area contributed by atoms with Gasteiger partial charge in [0.15, 0.2) is 10.9 Å². The molecule has 0 unspecified atom stereocenters. The molecule has 2 nitrogen and oxygen atoms in total. The minimum atomic E-state index is -2.92. The lowest BCUT2D eigenvalue weighted by molar-refractivity contribution is -0.0504. The monoisotopic (exact) mass is 227 g/mol. The number of hydrogen-bond donors (Lipinski definition) is 0. The molecule has 0 N–H and O–H groups in total. The maximum atomic E-state index is 11.8. The molecular formula is C7H5Cl2F2NO. The molecule has 0 atom stereocenters. The van der Waals surface area contributed by atoms with Crippen molar-refractivity contribution in [3.05, 3.63) is 21.9 Å². The van der Waals surface area contributed by atoms with Crippen LogP contribution in [0.4, 0.5) is 8.78 Å². The highest BCUT2D eigenvalue weighted by Gasteiger charge is 2.13. The van der Waals surface area contributed by atoms with E-state index < -0.39 is 6.61 Å². The summed E-state index contributed by atoms with van der Waals surface area (Å²) in [6.45, 7) is -1.36. The van der Waals surface area contributed by atoms with Gasteiger partial charge in [0.2, 0.25) is 0 Å². The van der Waals surface area contributed by atoms with E-state index in [0.29, 0.717) is 5.56 Å². The molecule has 0 amide bonds. The van der Waals surface area contributed by atoms with E-state index in [9.17, 15) is 8.78 Å². The van der Waals surface area contributed by atoms with E-state index in [-0.39, 0.29) is 16.1 Å². The Bertz CT molecular complexity index is 296. The van der Waals surface area contributed by atoms with Crippen LogP contribution in [0.25, 0.3) is 0 Å². The number of aromatic nitrogens is 1. The smallest absolute Gasteiger partial charge is 0.387 e. The Labute approximate surface area is 83.4 Å². The SMILES string of the molecule is Cc1cc(Cl)nc(Cl)c1OC(F)F. The number of alkyl halides is 2. The lowest BCUT2D eigenvalue weighted by atomic mass is 10.3. The predicted molar refractivity (Wildman–Crippen MR) is 45.6 cm³/mol. The Morgan fingerprint density at radius 1 is 1.46 bits per heavy atom. The molecule has 0 aliphatic carbocycles. The number of nitrogens with zero attached hydrogens (tertiary/aromatic N) is 1. The maximum Gasteiger partial charge on any atom is 0.387 e. The molecule has 1 heterocycles. The van der Waals surface area contributed by atoms with Gasteiger partial charge in [0.05, 0.1) is 0 Å².